The number of hydrogen-bond donors (Lipinski definition) is 0. The highest BCUT2D eigenvalue weighted by molar-refractivity contribution is 6.30. The molecule has 0 atom stereocenters. The minimum Gasteiger partial charge on any atom is -0.309 e. The van der Waals surface area contributed by atoms with Gasteiger partial charge in [-0.1, -0.05) is 96.5 Å². The molecule has 6 aromatic rings. The molecule has 0 aliphatic heterocycles. The number of hydrogen-bond acceptors (Lipinski definition) is 0. The van der Waals surface area contributed by atoms with Crippen molar-refractivity contribution in [1.29, 1.82) is 0 Å². The van der Waals surface area contributed by atoms with Crippen LogP contribution in [0.25, 0.3) is 49.7 Å². The Morgan fingerprint density at radius 3 is 1.88 bits per heavy atom. The van der Waals surface area contributed by atoms with Gasteiger partial charge in [0.15, 0.2) is 0 Å². The summed E-state index contributed by atoms with van der Waals surface area (Å²) in [6.45, 7) is 0. The number of fused-ring (bicyclic) bond motifs is 3. The summed E-state index contributed by atoms with van der Waals surface area (Å²) in [6.07, 6.45) is 0. The molecule has 6 rings (SSSR count). The minimum atomic E-state index is 0.750. The Morgan fingerprint density at radius 1 is 0.438 bits per heavy atom. The van der Waals surface area contributed by atoms with Gasteiger partial charge >= 0.3 is 0 Å². The predicted molar refractivity (Wildman–Crippen MR) is 137 cm³/mol. The number of rotatable bonds is 3. The third kappa shape index (κ3) is 3.19. The molecule has 1 nitrogen and oxygen atoms in total. The summed E-state index contributed by atoms with van der Waals surface area (Å²) in [5.41, 5.74) is 8.27. The van der Waals surface area contributed by atoms with Crippen LogP contribution < -0.4 is 0 Å². The summed E-state index contributed by atoms with van der Waals surface area (Å²) in [6, 6.07) is 42.6. The monoisotopic (exact) mass is 429 g/mol. The second-order valence-corrected chi connectivity index (χ2v) is 8.44. The molecular weight excluding hydrogens is 410 g/mol. The highest BCUT2D eigenvalue weighted by Gasteiger charge is 2.13. The summed E-state index contributed by atoms with van der Waals surface area (Å²) in [4.78, 5) is 0. The first kappa shape index (κ1) is 18.9. The summed E-state index contributed by atoms with van der Waals surface area (Å²) >= 11 is 6.26. The molecule has 0 aliphatic carbocycles. The lowest BCUT2D eigenvalue weighted by atomic mass is 10.0. The van der Waals surface area contributed by atoms with E-state index in [1.54, 1.807) is 0 Å². The Bertz CT molecular complexity index is 1560. The van der Waals surface area contributed by atoms with Crippen molar-refractivity contribution in [2.45, 2.75) is 0 Å². The van der Waals surface area contributed by atoms with Gasteiger partial charge in [-0.3, -0.25) is 0 Å². The summed E-state index contributed by atoms with van der Waals surface area (Å²) < 4.78 is 2.35. The molecule has 0 N–H and O–H groups in total. The topological polar surface area (TPSA) is 4.93 Å². The SMILES string of the molecule is Clc1cccc(-c2ccc3c4ccccc4n(-c4ccc(-c5ccccc5)cc4)c3c2)c1. The molecule has 0 unspecified atom stereocenters. The maximum Gasteiger partial charge on any atom is 0.0547 e. The Kier molecular flexibility index (Phi) is 4.56. The Hall–Kier alpha value is -3.81. The first-order valence-electron chi connectivity index (χ1n) is 10.7. The van der Waals surface area contributed by atoms with Crippen molar-refractivity contribution < 1.29 is 0 Å². The van der Waals surface area contributed by atoms with Crippen LogP contribution in [0.5, 0.6) is 0 Å². The van der Waals surface area contributed by atoms with Gasteiger partial charge < -0.3 is 4.57 Å². The largest absolute Gasteiger partial charge is 0.309 e. The molecule has 152 valence electrons. The third-order valence-electron chi connectivity index (χ3n) is 6.06. The molecule has 0 amide bonds. The van der Waals surface area contributed by atoms with Gasteiger partial charge in [0.2, 0.25) is 0 Å². The van der Waals surface area contributed by atoms with Gasteiger partial charge in [0.1, 0.15) is 0 Å². The molecule has 0 bridgehead atoms. The van der Waals surface area contributed by atoms with Gasteiger partial charge in [0.25, 0.3) is 0 Å². The van der Waals surface area contributed by atoms with Gasteiger partial charge in [0.05, 0.1) is 11.0 Å². The van der Waals surface area contributed by atoms with E-state index < -0.39 is 0 Å². The van der Waals surface area contributed by atoms with Crippen molar-refractivity contribution in [3.63, 3.8) is 0 Å². The molecule has 0 fully saturated rings. The fourth-order valence-electron chi connectivity index (χ4n) is 4.53. The molecule has 0 spiro atoms. The highest BCUT2D eigenvalue weighted by atomic mass is 35.5. The molecular formula is C30H20ClN. The zero-order chi connectivity index (χ0) is 21.5. The van der Waals surface area contributed by atoms with Crippen LogP contribution in [0.4, 0.5) is 0 Å². The van der Waals surface area contributed by atoms with Crippen LogP contribution in [-0.4, -0.2) is 4.57 Å². The lowest BCUT2D eigenvalue weighted by molar-refractivity contribution is 1.18. The quantitative estimate of drug-likeness (QED) is 0.265. The normalized spacial score (nSPS) is 11.3. The summed E-state index contributed by atoms with van der Waals surface area (Å²) in [5.74, 6) is 0. The third-order valence-corrected chi connectivity index (χ3v) is 6.30. The smallest absolute Gasteiger partial charge is 0.0547 e. The number of para-hydroxylation sites is 1. The number of aromatic nitrogens is 1. The van der Waals surface area contributed by atoms with Crippen molar-refractivity contribution in [2.75, 3.05) is 0 Å². The first-order chi connectivity index (χ1) is 15.8. The van der Waals surface area contributed by atoms with Crippen LogP contribution in [0.3, 0.4) is 0 Å². The molecule has 1 aromatic heterocycles. The first-order valence-corrected chi connectivity index (χ1v) is 11.1. The van der Waals surface area contributed by atoms with Crippen LogP contribution in [0.15, 0.2) is 121 Å². The second-order valence-electron chi connectivity index (χ2n) is 8.01. The maximum atomic E-state index is 6.26. The van der Waals surface area contributed by atoms with Gasteiger partial charge in [0, 0.05) is 21.5 Å². The van der Waals surface area contributed by atoms with E-state index in [-0.39, 0.29) is 0 Å². The van der Waals surface area contributed by atoms with Crippen molar-refractivity contribution in [3.05, 3.63) is 126 Å². The second kappa shape index (κ2) is 7.71. The molecule has 2 heteroatoms. The highest BCUT2D eigenvalue weighted by Crippen LogP contribution is 2.35. The lowest BCUT2D eigenvalue weighted by Gasteiger charge is -2.10. The maximum absolute atomic E-state index is 6.26. The molecule has 5 aromatic carbocycles. The van der Waals surface area contributed by atoms with Crippen molar-refractivity contribution in [2.24, 2.45) is 0 Å². The molecule has 0 radical (unpaired) electrons. The molecule has 0 aliphatic rings. The fourth-order valence-corrected chi connectivity index (χ4v) is 4.72. The summed E-state index contributed by atoms with van der Waals surface area (Å²) in [5, 5.41) is 3.26. The van der Waals surface area contributed by atoms with E-state index in [0.717, 1.165) is 21.8 Å². The summed E-state index contributed by atoms with van der Waals surface area (Å²) in [7, 11) is 0. The zero-order valence-corrected chi connectivity index (χ0v) is 18.1. The zero-order valence-electron chi connectivity index (χ0n) is 17.4. The van der Waals surface area contributed by atoms with Gasteiger partial charge in [-0.2, -0.15) is 0 Å². The number of halogens is 1. The molecule has 0 saturated heterocycles. The van der Waals surface area contributed by atoms with E-state index in [0.29, 0.717) is 0 Å². The van der Waals surface area contributed by atoms with Gasteiger partial charge in [-0.05, 0) is 58.7 Å². The molecule has 0 saturated carbocycles. The van der Waals surface area contributed by atoms with Crippen LogP contribution in [0, 0.1) is 0 Å². The Morgan fingerprint density at radius 2 is 1.06 bits per heavy atom. The van der Waals surface area contributed by atoms with E-state index in [2.05, 4.69) is 102 Å². The Labute approximate surface area is 192 Å². The van der Waals surface area contributed by atoms with E-state index in [1.807, 2.05) is 24.3 Å². The van der Waals surface area contributed by atoms with E-state index in [9.17, 15) is 0 Å². The van der Waals surface area contributed by atoms with Gasteiger partial charge in [-0.25, -0.2) is 0 Å². The van der Waals surface area contributed by atoms with E-state index in [4.69, 9.17) is 11.6 Å². The van der Waals surface area contributed by atoms with Crippen LogP contribution >= 0.6 is 11.6 Å². The van der Waals surface area contributed by atoms with Gasteiger partial charge in [-0.15, -0.1) is 0 Å². The minimum absolute atomic E-state index is 0.750. The van der Waals surface area contributed by atoms with Crippen molar-refractivity contribution >= 4 is 33.4 Å². The molecule has 32 heavy (non-hydrogen) atoms. The van der Waals surface area contributed by atoms with Crippen LogP contribution in [0.1, 0.15) is 0 Å². The fraction of sp³-hybridized carbons (Fsp3) is 0. The standard InChI is InChI=1S/C30H20ClN/c31-25-10-6-9-23(19-25)24-15-18-28-27-11-4-5-12-29(27)32(30(28)20-24)26-16-13-22(14-17-26)21-7-2-1-3-8-21/h1-20H. The van der Waals surface area contributed by atoms with Crippen LogP contribution in [-0.2, 0) is 0 Å². The van der Waals surface area contributed by atoms with E-state index >= 15 is 0 Å². The van der Waals surface area contributed by atoms with E-state index in [1.165, 1.54) is 32.9 Å². The average Bonchev–Trinajstić information content (AvgIpc) is 3.18. The number of nitrogens with zero attached hydrogens (tertiary/aromatic N) is 1. The predicted octanol–water partition coefficient (Wildman–Crippen LogP) is 8.77. The average molecular weight is 430 g/mol. The van der Waals surface area contributed by atoms with Crippen molar-refractivity contribution in [1.82, 2.24) is 4.57 Å². The van der Waals surface area contributed by atoms with Crippen LogP contribution in [0.2, 0.25) is 5.02 Å². The molecule has 1 heterocycles. The Balaban J connectivity index is 1.57. The lowest BCUT2D eigenvalue weighted by Crippen LogP contribution is -1.94. The van der Waals surface area contributed by atoms with Crippen molar-refractivity contribution in [3.8, 4) is 27.9 Å². The number of benzene rings is 5.